The van der Waals surface area contributed by atoms with Crippen molar-refractivity contribution in [3.05, 3.63) is 70.3 Å². The van der Waals surface area contributed by atoms with E-state index in [2.05, 4.69) is 9.88 Å². The number of nitrogens with zero attached hydrogens (tertiary/aromatic N) is 5. The van der Waals surface area contributed by atoms with Crippen LogP contribution in [-0.4, -0.2) is 58.0 Å². The fourth-order valence-electron chi connectivity index (χ4n) is 4.39. The fraction of sp³-hybridized carbons (Fsp3) is 0.292. The van der Waals surface area contributed by atoms with Crippen molar-refractivity contribution >= 4 is 28.3 Å². The Hall–Kier alpha value is -3.81. The molecule has 8 nitrogen and oxygen atoms in total. The van der Waals surface area contributed by atoms with E-state index in [9.17, 15) is 9.59 Å². The number of anilines is 1. The first-order valence-electron chi connectivity index (χ1n) is 10.6. The lowest BCUT2D eigenvalue weighted by Crippen LogP contribution is -2.49. The molecule has 0 aliphatic carbocycles. The zero-order valence-corrected chi connectivity index (χ0v) is 18.4. The average molecular weight is 431 g/mol. The van der Waals surface area contributed by atoms with Gasteiger partial charge in [0.2, 0.25) is 0 Å². The second kappa shape index (κ2) is 7.71. The van der Waals surface area contributed by atoms with Crippen LogP contribution in [0.5, 0.6) is 5.75 Å². The van der Waals surface area contributed by atoms with E-state index in [1.165, 1.54) is 4.40 Å². The molecule has 32 heavy (non-hydrogen) atoms. The number of pyridine rings is 1. The topological polar surface area (TPSA) is 72.1 Å². The van der Waals surface area contributed by atoms with Crippen LogP contribution in [0.2, 0.25) is 0 Å². The smallest absolute Gasteiger partial charge is 0.270 e. The van der Waals surface area contributed by atoms with Crippen LogP contribution in [0.4, 0.5) is 5.69 Å². The van der Waals surface area contributed by atoms with Gasteiger partial charge in [-0.1, -0.05) is 18.2 Å². The molecule has 0 N–H and O–H groups in total. The van der Waals surface area contributed by atoms with Gasteiger partial charge in [-0.25, -0.2) is 4.98 Å². The number of para-hydroxylation sites is 2. The third-order valence-corrected chi connectivity index (χ3v) is 6.16. The Bertz CT molecular complexity index is 1400. The number of carbonyl (C=O) groups excluding carboxylic acids is 1. The predicted octanol–water partition coefficient (Wildman–Crippen LogP) is 2.47. The minimum atomic E-state index is -0.163. The maximum atomic E-state index is 13.3. The van der Waals surface area contributed by atoms with Crippen molar-refractivity contribution in [3.8, 4) is 5.75 Å². The van der Waals surface area contributed by atoms with Crippen LogP contribution in [0.25, 0.3) is 16.7 Å². The van der Waals surface area contributed by atoms with Gasteiger partial charge in [-0.2, -0.15) is 0 Å². The van der Waals surface area contributed by atoms with Gasteiger partial charge >= 0.3 is 0 Å². The summed E-state index contributed by atoms with van der Waals surface area (Å²) in [5.41, 5.74) is 3.41. The first-order chi connectivity index (χ1) is 15.5. The summed E-state index contributed by atoms with van der Waals surface area (Å²) in [4.78, 5) is 35.1. The summed E-state index contributed by atoms with van der Waals surface area (Å²) in [6, 6.07) is 13.3. The van der Waals surface area contributed by atoms with Crippen molar-refractivity contribution in [3.63, 3.8) is 0 Å². The molecule has 1 saturated heterocycles. The molecular weight excluding hydrogens is 406 g/mol. The van der Waals surface area contributed by atoms with E-state index in [4.69, 9.17) is 4.74 Å². The highest BCUT2D eigenvalue weighted by Crippen LogP contribution is 2.28. The Kier molecular flexibility index (Phi) is 4.84. The standard InChI is InChI=1S/C24H25N5O3/c1-16-8-9-21-25-22-17(23(30)29(21)15-16)14-19(26(22)2)24(31)28-12-10-27(11-13-28)18-6-4-5-7-20(18)32-3/h4-9,14-15H,10-13H2,1-3H3. The molecule has 1 fully saturated rings. The molecule has 8 heteroatoms. The number of ether oxygens (including phenoxy) is 1. The highest BCUT2D eigenvalue weighted by molar-refractivity contribution is 5.98. The molecule has 0 unspecified atom stereocenters. The number of methoxy groups -OCH3 is 1. The minimum Gasteiger partial charge on any atom is -0.495 e. The van der Waals surface area contributed by atoms with E-state index in [0.717, 1.165) is 17.0 Å². The van der Waals surface area contributed by atoms with Crippen molar-refractivity contribution in [1.82, 2.24) is 18.9 Å². The molecule has 164 valence electrons. The van der Waals surface area contributed by atoms with Crippen LogP contribution in [0, 0.1) is 6.92 Å². The molecule has 0 radical (unpaired) electrons. The van der Waals surface area contributed by atoms with Gasteiger partial charge in [0.05, 0.1) is 18.2 Å². The molecule has 0 spiro atoms. The summed E-state index contributed by atoms with van der Waals surface area (Å²) in [5, 5.41) is 0.451. The lowest BCUT2D eigenvalue weighted by atomic mass is 10.2. The molecule has 4 aromatic rings. The maximum absolute atomic E-state index is 13.3. The van der Waals surface area contributed by atoms with E-state index in [1.807, 2.05) is 48.2 Å². The van der Waals surface area contributed by atoms with Crippen molar-refractivity contribution in [1.29, 1.82) is 0 Å². The zero-order chi connectivity index (χ0) is 22.4. The Balaban J connectivity index is 1.43. The van der Waals surface area contributed by atoms with Crippen LogP contribution in [0.1, 0.15) is 16.1 Å². The predicted molar refractivity (Wildman–Crippen MR) is 124 cm³/mol. The molecule has 1 aliphatic heterocycles. The second-order valence-corrected chi connectivity index (χ2v) is 8.13. The number of rotatable bonds is 3. The molecule has 4 heterocycles. The summed E-state index contributed by atoms with van der Waals surface area (Å²) in [6.45, 7) is 4.53. The Morgan fingerprint density at radius 1 is 1.06 bits per heavy atom. The van der Waals surface area contributed by atoms with E-state index < -0.39 is 0 Å². The highest BCUT2D eigenvalue weighted by Gasteiger charge is 2.26. The first kappa shape index (κ1) is 20.1. The minimum absolute atomic E-state index is 0.0881. The lowest BCUT2D eigenvalue weighted by Gasteiger charge is -2.36. The number of hydrogen-bond acceptors (Lipinski definition) is 5. The molecular formula is C24H25N5O3. The average Bonchev–Trinajstić information content (AvgIpc) is 3.16. The van der Waals surface area contributed by atoms with E-state index in [1.54, 1.807) is 31.0 Å². The van der Waals surface area contributed by atoms with Crippen LogP contribution in [-0.2, 0) is 7.05 Å². The third-order valence-electron chi connectivity index (χ3n) is 6.16. The number of fused-ring (bicyclic) bond motifs is 2. The van der Waals surface area contributed by atoms with Gasteiger partial charge < -0.3 is 19.1 Å². The maximum Gasteiger partial charge on any atom is 0.270 e. The second-order valence-electron chi connectivity index (χ2n) is 8.13. The summed E-state index contributed by atoms with van der Waals surface area (Å²) in [5.74, 6) is 0.740. The molecule has 0 saturated carbocycles. The van der Waals surface area contributed by atoms with Crippen molar-refractivity contribution in [2.75, 3.05) is 38.2 Å². The third kappa shape index (κ3) is 3.19. The molecule has 1 aromatic carbocycles. The van der Waals surface area contributed by atoms with E-state index in [-0.39, 0.29) is 11.5 Å². The van der Waals surface area contributed by atoms with Gasteiger partial charge in [-0.05, 0) is 36.8 Å². The summed E-state index contributed by atoms with van der Waals surface area (Å²) >= 11 is 0. The largest absolute Gasteiger partial charge is 0.495 e. The number of aryl methyl sites for hydroxylation is 2. The normalized spacial score (nSPS) is 14.3. The van der Waals surface area contributed by atoms with Gasteiger partial charge in [0.1, 0.15) is 22.7 Å². The number of amides is 1. The van der Waals surface area contributed by atoms with Gasteiger partial charge in [-0.15, -0.1) is 0 Å². The highest BCUT2D eigenvalue weighted by atomic mass is 16.5. The van der Waals surface area contributed by atoms with E-state index in [0.29, 0.717) is 48.6 Å². The fourth-order valence-corrected chi connectivity index (χ4v) is 4.39. The number of benzene rings is 1. The Morgan fingerprint density at radius 2 is 1.81 bits per heavy atom. The van der Waals surface area contributed by atoms with Crippen molar-refractivity contribution in [2.45, 2.75) is 6.92 Å². The molecule has 1 amide bonds. The summed E-state index contributed by atoms with van der Waals surface area (Å²) < 4.78 is 8.75. The SMILES string of the molecule is COc1ccccc1N1CCN(C(=O)c2cc3c(=O)n4cc(C)ccc4nc3n2C)CC1. The van der Waals surface area contributed by atoms with Crippen LogP contribution < -0.4 is 15.2 Å². The molecule has 0 bridgehead atoms. The Morgan fingerprint density at radius 3 is 2.56 bits per heavy atom. The van der Waals surface area contributed by atoms with Gasteiger partial charge in [0, 0.05) is 39.4 Å². The molecule has 3 aromatic heterocycles. The van der Waals surface area contributed by atoms with Crippen LogP contribution in [0.15, 0.2) is 53.5 Å². The van der Waals surface area contributed by atoms with Crippen LogP contribution >= 0.6 is 0 Å². The van der Waals surface area contributed by atoms with Crippen molar-refractivity contribution < 1.29 is 9.53 Å². The molecule has 5 rings (SSSR count). The lowest BCUT2D eigenvalue weighted by molar-refractivity contribution is 0.0737. The van der Waals surface area contributed by atoms with Gasteiger partial charge in [0.15, 0.2) is 0 Å². The van der Waals surface area contributed by atoms with Gasteiger partial charge in [0.25, 0.3) is 11.5 Å². The summed E-state index contributed by atoms with van der Waals surface area (Å²) in [7, 11) is 3.46. The number of hydrogen-bond donors (Lipinski definition) is 0. The summed E-state index contributed by atoms with van der Waals surface area (Å²) in [6.07, 6.45) is 1.77. The molecule has 0 atom stereocenters. The first-order valence-corrected chi connectivity index (χ1v) is 10.6. The van der Waals surface area contributed by atoms with Crippen molar-refractivity contribution in [2.24, 2.45) is 7.05 Å². The monoisotopic (exact) mass is 431 g/mol. The Labute approximate surface area is 185 Å². The quantitative estimate of drug-likeness (QED) is 0.498. The number of aromatic nitrogens is 3. The van der Waals surface area contributed by atoms with Crippen LogP contribution in [0.3, 0.4) is 0 Å². The zero-order valence-electron chi connectivity index (χ0n) is 18.4. The van der Waals surface area contributed by atoms with E-state index >= 15 is 0 Å². The van der Waals surface area contributed by atoms with Gasteiger partial charge in [-0.3, -0.25) is 14.0 Å². The number of piperazine rings is 1. The molecule has 1 aliphatic rings. The number of carbonyl (C=O) groups is 1.